The zero-order valence-corrected chi connectivity index (χ0v) is 23.3. The Morgan fingerprint density at radius 3 is 2.44 bits per heavy atom. The number of halogens is 1. The van der Waals surface area contributed by atoms with Gasteiger partial charge < -0.3 is 14.4 Å². The van der Waals surface area contributed by atoms with Gasteiger partial charge in [0, 0.05) is 23.1 Å². The molecule has 0 N–H and O–H groups in total. The van der Waals surface area contributed by atoms with Crippen LogP contribution < -0.4 is 24.4 Å². The van der Waals surface area contributed by atoms with Gasteiger partial charge in [0.05, 0.1) is 30.0 Å². The van der Waals surface area contributed by atoms with Gasteiger partial charge in [-0.1, -0.05) is 39.4 Å². The topological polar surface area (TPSA) is 73.1 Å². The van der Waals surface area contributed by atoms with Crippen LogP contribution in [0.25, 0.3) is 6.08 Å². The highest BCUT2D eigenvalue weighted by Gasteiger charge is 2.36. The van der Waals surface area contributed by atoms with Crippen molar-refractivity contribution in [1.82, 2.24) is 9.47 Å². The predicted octanol–water partition coefficient (Wildman–Crippen LogP) is 3.88. The number of benzene rings is 2. The van der Waals surface area contributed by atoms with Crippen molar-refractivity contribution in [1.29, 1.82) is 0 Å². The van der Waals surface area contributed by atoms with Gasteiger partial charge in [0.25, 0.3) is 11.5 Å². The summed E-state index contributed by atoms with van der Waals surface area (Å²) < 4.78 is 14.3. The maximum absolute atomic E-state index is 13.9. The Morgan fingerprint density at radius 1 is 1.14 bits per heavy atom. The average molecular weight is 571 g/mol. The van der Waals surface area contributed by atoms with Crippen LogP contribution in [-0.2, 0) is 4.79 Å². The average Bonchev–Trinajstić information content (AvgIpc) is 3.18. The summed E-state index contributed by atoms with van der Waals surface area (Å²) in [5.74, 6) is 1.01. The Kier molecular flexibility index (Phi) is 7.80. The fourth-order valence-electron chi connectivity index (χ4n) is 4.33. The van der Waals surface area contributed by atoms with E-state index < -0.39 is 6.04 Å². The molecule has 0 radical (unpaired) electrons. The molecule has 0 aliphatic carbocycles. The minimum atomic E-state index is -0.716. The Labute approximate surface area is 222 Å². The van der Waals surface area contributed by atoms with Gasteiger partial charge in [-0.2, -0.15) is 0 Å². The minimum Gasteiger partial charge on any atom is -0.497 e. The molecule has 1 aliphatic rings. The van der Waals surface area contributed by atoms with Crippen LogP contribution in [0.2, 0.25) is 0 Å². The third-order valence-electron chi connectivity index (χ3n) is 6.20. The van der Waals surface area contributed by atoms with Crippen molar-refractivity contribution in [3.8, 4) is 11.5 Å². The summed E-state index contributed by atoms with van der Waals surface area (Å²) in [5, 5.41) is 0. The number of aromatic nitrogens is 1. The molecule has 1 amide bonds. The maximum atomic E-state index is 13.9. The minimum absolute atomic E-state index is 0.154. The van der Waals surface area contributed by atoms with Crippen molar-refractivity contribution in [2.45, 2.75) is 26.8 Å². The number of methoxy groups -OCH3 is 2. The maximum Gasteiger partial charge on any atom is 0.271 e. The molecular formula is C27H28BrN3O4S. The molecule has 3 aromatic rings. The lowest BCUT2D eigenvalue weighted by atomic mass is 9.93. The van der Waals surface area contributed by atoms with Crippen LogP contribution in [-0.4, -0.2) is 42.7 Å². The Bertz CT molecular complexity index is 1500. The van der Waals surface area contributed by atoms with Gasteiger partial charge in [-0.3, -0.25) is 14.2 Å². The number of hydrogen-bond donors (Lipinski definition) is 0. The van der Waals surface area contributed by atoms with Gasteiger partial charge >= 0.3 is 0 Å². The Morgan fingerprint density at radius 2 is 1.83 bits per heavy atom. The molecule has 7 nitrogen and oxygen atoms in total. The first-order chi connectivity index (χ1) is 17.3. The monoisotopic (exact) mass is 569 g/mol. The van der Waals surface area contributed by atoms with Crippen molar-refractivity contribution in [3.63, 3.8) is 0 Å². The van der Waals surface area contributed by atoms with E-state index in [-0.39, 0.29) is 11.5 Å². The number of carbonyl (C=O) groups excluding carboxylic acids is 1. The molecule has 0 fully saturated rings. The molecular weight excluding hydrogens is 542 g/mol. The van der Waals surface area contributed by atoms with E-state index in [2.05, 4.69) is 15.9 Å². The van der Waals surface area contributed by atoms with Crippen molar-refractivity contribution < 1.29 is 14.3 Å². The van der Waals surface area contributed by atoms with Crippen molar-refractivity contribution in [3.05, 3.63) is 89.0 Å². The lowest BCUT2D eigenvalue weighted by molar-refractivity contribution is -0.127. The number of fused-ring (bicyclic) bond motifs is 1. The zero-order valence-electron chi connectivity index (χ0n) is 20.9. The molecule has 1 atom stereocenters. The summed E-state index contributed by atoms with van der Waals surface area (Å²) in [4.78, 5) is 34.6. The third kappa shape index (κ3) is 4.77. The van der Waals surface area contributed by atoms with E-state index in [9.17, 15) is 9.59 Å². The molecule has 188 valence electrons. The highest BCUT2D eigenvalue weighted by atomic mass is 79.9. The third-order valence-corrected chi connectivity index (χ3v) is 7.71. The van der Waals surface area contributed by atoms with Crippen LogP contribution in [0, 0.1) is 0 Å². The quantitative estimate of drug-likeness (QED) is 0.433. The van der Waals surface area contributed by atoms with Gasteiger partial charge in [-0.15, -0.1) is 0 Å². The number of hydrogen-bond acceptors (Lipinski definition) is 6. The van der Waals surface area contributed by atoms with E-state index in [0.29, 0.717) is 50.8 Å². The number of thiazole rings is 1. The fourth-order valence-corrected chi connectivity index (χ4v) is 5.64. The van der Waals surface area contributed by atoms with E-state index in [1.807, 2.05) is 57.2 Å². The molecule has 1 aliphatic heterocycles. The second-order valence-electron chi connectivity index (χ2n) is 8.22. The second kappa shape index (κ2) is 10.8. The normalized spacial score (nSPS) is 15.4. The molecule has 2 aromatic carbocycles. The second-order valence-corrected chi connectivity index (χ2v) is 10.1. The number of amides is 1. The fraction of sp³-hybridized carbons (Fsp3) is 0.296. The summed E-state index contributed by atoms with van der Waals surface area (Å²) in [7, 11) is 3.16. The summed E-state index contributed by atoms with van der Waals surface area (Å²) >= 11 is 4.75. The van der Waals surface area contributed by atoms with Crippen LogP contribution in [0.5, 0.6) is 11.5 Å². The van der Waals surface area contributed by atoms with Crippen LogP contribution in [0.15, 0.2) is 68.0 Å². The number of nitrogens with zero attached hydrogens (tertiary/aromatic N) is 3. The highest BCUT2D eigenvalue weighted by Crippen LogP contribution is 2.38. The molecule has 0 spiro atoms. The SMILES string of the molecule is CCN(CC)C(=O)C1=C(C)N=c2s/c(=C/c3ccc(Br)cc3)c(=O)n2[C@@H]1c1cc(OC)ccc1OC. The number of ether oxygens (including phenoxy) is 2. The molecule has 9 heteroatoms. The summed E-state index contributed by atoms with van der Waals surface area (Å²) in [5.41, 5.74) is 2.38. The standard InChI is InChI=1S/C27H28BrN3O4S/c1-6-30(7-2)26(33)23-16(3)29-27-31(24(23)20-15-19(34-4)12-13-21(20)35-5)25(32)22(36-27)14-17-8-10-18(28)11-9-17/h8-15,24H,6-7H2,1-5H3/b22-14+/t24-/m1/s1. The van der Waals surface area contributed by atoms with E-state index in [1.165, 1.54) is 11.3 Å². The van der Waals surface area contributed by atoms with Crippen molar-refractivity contribution in [2.24, 2.45) is 4.99 Å². The molecule has 1 aromatic heterocycles. The first-order valence-corrected chi connectivity index (χ1v) is 13.2. The molecule has 2 heterocycles. The molecule has 4 rings (SSSR count). The number of allylic oxidation sites excluding steroid dienone is 1. The lowest BCUT2D eigenvalue weighted by Gasteiger charge is -2.30. The highest BCUT2D eigenvalue weighted by molar-refractivity contribution is 9.10. The van der Waals surface area contributed by atoms with Crippen molar-refractivity contribution >= 4 is 39.2 Å². The zero-order chi connectivity index (χ0) is 26.0. The van der Waals surface area contributed by atoms with Crippen LogP contribution >= 0.6 is 27.3 Å². The van der Waals surface area contributed by atoms with Gasteiger partial charge in [0.2, 0.25) is 0 Å². The van der Waals surface area contributed by atoms with Crippen LogP contribution in [0.1, 0.15) is 37.9 Å². The van der Waals surface area contributed by atoms with Gasteiger partial charge in [0.1, 0.15) is 17.5 Å². The molecule has 0 bridgehead atoms. The lowest BCUT2D eigenvalue weighted by Crippen LogP contribution is -2.43. The van der Waals surface area contributed by atoms with Crippen LogP contribution in [0.3, 0.4) is 0 Å². The predicted molar refractivity (Wildman–Crippen MR) is 145 cm³/mol. The van der Waals surface area contributed by atoms with E-state index in [4.69, 9.17) is 14.5 Å². The van der Waals surface area contributed by atoms with E-state index in [0.717, 1.165) is 10.0 Å². The largest absolute Gasteiger partial charge is 0.497 e. The summed E-state index contributed by atoms with van der Waals surface area (Å²) in [6.07, 6.45) is 1.85. The van der Waals surface area contributed by atoms with E-state index in [1.54, 1.807) is 35.8 Å². The molecule has 0 saturated carbocycles. The first-order valence-electron chi connectivity index (χ1n) is 11.6. The Hall–Kier alpha value is -3.17. The van der Waals surface area contributed by atoms with Gasteiger partial charge in [-0.05, 0) is 62.7 Å². The molecule has 36 heavy (non-hydrogen) atoms. The van der Waals surface area contributed by atoms with Crippen molar-refractivity contribution in [2.75, 3.05) is 27.3 Å². The number of rotatable bonds is 7. The number of carbonyl (C=O) groups is 1. The van der Waals surface area contributed by atoms with Gasteiger partial charge in [0.15, 0.2) is 4.80 Å². The molecule has 0 unspecified atom stereocenters. The van der Waals surface area contributed by atoms with Gasteiger partial charge in [-0.25, -0.2) is 4.99 Å². The summed E-state index contributed by atoms with van der Waals surface area (Å²) in [6, 6.07) is 12.4. The Balaban J connectivity index is 2.02. The smallest absolute Gasteiger partial charge is 0.271 e. The summed E-state index contributed by atoms with van der Waals surface area (Å²) in [6.45, 7) is 6.78. The van der Waals surface area contributed by atoms with E-state index >= 15 is 0 Å². The van der Waals surface area contributed by atoms with Crippen LogP contribution in [0.4, 0.5) is 0 Å². The first kappa shape index (κ1) is 25.9. The number of likely N-dealkylation sites (N-methyl/N-ethyl adjacent to an activating group) is 1. The molecule has 0 saturated heterocycles.